The van der Waals surface area contributed by atoms with Crippen molar-refractivity contribution in [3.8, 4) is 0 Å². The molecule has 0 N–H and O–H groups in total. The van der Waals surface area contributed by atoms with E-state index in [1.54, 1.807) is 19.1 Å². The molecular formula is C28H21FN2O3S. The molecule has 3 aromatic carbocycles. The summed E-state index contributed by atoms with van der Waals surface area (Å²) in [6.45, 7) is 1.89. The Morgan fingerprint density at radius 3 is 2.34 bits per heavy atom. The van der Waals surface area contributed by atoms with Crippen LogP contribution in [0.1, 0.15) is 29.7 Å². The van der Waals surface area contributed by atoms with Crippen LogP contribution in [0.5, 0.6) is 0 Å². The minimum Gasteiger partial charge on any atom is -0.463 e. The van der Waals surface area contributed by atoms with E-state index in [2.05, 4.69) is 0 Å². The molecule has 0 saturated heterocycles. The Balaban J connectivity index is 1.84. The summed E-state index contributed by atoms with van der Waals surface area (Å²) in [5.41, 5.74) is 2.59. The molecule has 1 aliphatic heterocycles. The third-order valence-corrected chi connectivity index (χ3v) is 6.64. The standard InChI is InChI=1S/C28H21FN2O3S/c1-2-34-27(33)23-24(19-11-7-4-8-12-19)30-28-31(25(23)20-13-15-21(29)16-14-20)26(32)22(35-28)17-18-9-5-3-6-10-18/h3-17,25H,2H2,1H3/b22-17-/t25-/m1/s1. The molecular weight excluding hydrogens is 463 g/mol. The number of hydrogen-bond acceptors (Lipinski definition) is 5. The van der Waals surface area contributed by atoms with Crippen LogP contribution in [-0.2, 0) is 9.53 Å². The molecule has 1 aromatic heterocycles. The quantitative estimate of drug-likeness (QED) is 0.401. The van der Waals surface area contributed by atoms with Gasteiger partial charge in [0.25, 0.3) is 5.56 Å². The van der Waals surface area contributed by atoms with Gasteiger partial charge in [0.1, 0.15) is 5.82 Å². The number of thiazole rings is 1. The van der Waals surface area contributed by atoms with Crippen LogP contribution in [0.3, 0.4) is 0 Å². The predicted octanol–water partition coefficient (Wildman–Crippen LogP) is 4.07. The summed E-state index contributed by atoms with van der Waals surface area (Å²) in [6, 6.07) is 23.8. The van der Waals surface area contributed by atoms with Crippen LogP contribution in [0, 0.1) is 5.82 Å². The molecule has 35 heavy (non-hydrogen) atoms. The van der Waals surface area contributed by atoms with E-state index in [9.17, 15) is 14.0 Å². The SMILES string of the molecule is CCOC(=O)C1=C(c2ccccc2)N=c2s/c(=C\c3ccccc3)c(=O)n2[C@@H]1c1ccc(F)cc1. The number of nitrogens with zero attached hydrogens (tertiary/aromatic N) is 2. The highest BCUT2D eigenvalue weighted by Gasteiger charge is 2.35. The van der Waals surface area contributed by atoms with Gasteiger partial charge in [-0.25, -0.2) is 14.2 Å². The molecule has 1 aliphatic rings. The summed E-state index contributed by atoms with van der Waals surface area (Å²) in [7, 11) is 0. The van der Waals surface area contributed by atoms with Crippen LogP contribution in [0.25, 0.3) is 11.8 Å². The van der Waals surface area contributed by atoms with Gasteiger partial charge in [-0.1, -0.05) is 84.1 Å². The summed E-state index contributed by atoms with van der Waals surface area (Å²) in [5.74, 6) is -0.975. The van der Waals surface area contributed by atoms with Gasteiger partial charge in [0.15, 0.2) is 4.80 Å². The maximum Gasteiger partial charge on any atom is 0.338 e. The number of rotatable bonds is 5. The van der Waals surface area contributed by atoms with E-state index in [1.807, 2.05) is 66.7 Å². The first-order valence-corrected chi connectivity index (χ1v) is 12.0. The molecule has 4 aromatic rings. The Kier molecular flexibility index (Phi) is 6.25. The first-order chi connectivity index (χ1) is 17.1. The second-order valence-corrected chi connectivity index (χ2v) is 8.90. The number of benzene rings is 3. The molecule has 0 saturated carbocycles. The number of halogens is 1. The molecule has 5 rings (SSSR count). The van der Waals surface area contributed by atoms with Crippen LogP contribution < -0.4 is 14.9 Å². The van der Waals surface area contributed by atoms with Crippen molar-refractivity contribution in [3.05, 3.63) is 133 Å². The Morgan fingerprint density at radius 1 is 1.03 bits per heavy atom. The highest BCUT2D eigenvalue weighted by molar-refractivity contribution is 7.07. The van der Waals surface area contributed by atoms with E-state index >= 15 is 0 Å². The van der Waals surface area contributed by atoms with Gasteiger partial charge >= 0.3 is 5.97 Å². The molecule has 0 fully saturated rings. The van der Waals surface area contributed by atoms with Crippen molar-refractivity contribution in [2.45, 2.75) is 13.0 Å². The van der Waals surface area contributed by atoms with Crippen molar-refractivity contribution in [1.29, 1.82) is 0 Å². The average Bonchev–Trinajstić information content (AvgIpc) is 3.19. The largest absolute Gasteiger partial charge is 0.463 e. The van der Waals surface area contributed by atoms with Crippen molar-refractivity contribution in [2.75, 3.05) is 6.61 Å². The summed E-state index contributed by atoms with van der Waals surface area (Å²) in [4.78, 5) is 32.2. The molecule has 0 aliphatic carbocycles. The molecule has 0 unspecified atom stereocenters. The van der Waals surface area contributed by atoms with Gasteiger partial charge < -0.3 is 4.74 Å². The number of carbonyl (C=O) groups excluding carboxylic acids is 1. The minimum atomic E-state index is -0.820. The van der Waals surface area contributed by atoms with Gasteiger partial charge in [0.2, 0.25) is 0 Å². The summed E-state index contributed by atoms with van der Waals surface area (Å²) in [5, 5.41) is 0. The second kappa shape index (κ2) is 9.64. The summed E-state index contributed by atoms with van der Waals surface area (Å²) >= 11 is 1.25. The lowest BCUT2D eigenvalue weighted by atomic mass is 9.93. The van der Waals surface area contributed by atoms with Crippen LogP contribution in [0.15, 0.2) is 100 Å². The molecule has 0 radical (unpaired) electrons. The topological polar surface area (TPSA) is 60.7 Å². The van der Waals surface area contributed by atoms with E-state index in [0.29, 0.717) is 20.6 Å². The number of aromatic nitrogens is 1. The average molecular weight is 485 g/mol. The van der Waals surface area contributed by atoms with Crippen LogP contribution in [0.4, 0.5) is 4.39 Å². The summed E-state index contributed by atoms with van der Waals surface area (Å²) in [6.07, 6.45) is 1.81. The van der Waals surface area contributed by atoms with Crippen molar-refractivity contribution < 1.29 is 13.9 Å². The van der Waals surface area contributed by atoms with Gasteiger partial charge in [-0.15, -0.1) is 0 Å². The van der Waals surface area contributed by atoms with E-state index in [4.69, 9.17) is 9.73 Å². The highest BCUT2D eigenvalue weighted by Crippen LogP contribution is 2.35. The molecule has 0 amide bonds. The molecule has 0 spiro atoms. The van der Waals surface area contributed by atoms with Crippen LogP contribution in [-0.4, -0.2) is 17.1 Å². The maximum absolute atomic E-state index is 13.8. The number of fused-ring (bicyclic) bond motifs is 1. The van der Waals surface area contributed by atoms with Crippen molar-refractivity contribution in [3.63, 3.8) is 0 Å². The lowest BCUT2D eigenvalue weighted by Crippen LogP contribution is -2.40. The van der Waals surface area contributed by atoms with Crippen LogP contribution >= 0.6 is 11.3 Å². The number of esters is 1. The van der Waals surface area contributed by atoms with E-state index in [0.717, 1.165) is 11.1 Å². The van der Waals surface area contributed by atoms with Gasteiger partial charge in [-0.3, -0.25) is 9.36 Å². The Hall–Kier alpha value is -4.10. The van der Waals surface area contributed by atoms with Gasteiger partial charge in [0.05, 0.1) is 28.5 Å². The fourth-order valence-electron chi connectivity index (χ4n) is 4.10. The van der Waals surface area contributed by atoms with Gasteiger partial charge in [0, 0.05) is 5.56 Å². The molecule has 0 bridgehead atoms. The van der Waals surface area contributed by atoms with E-state index in [1.165, 1.54) is 28.0 Å². The normalized spacial score (nSPS) is 15.5. The van der Waals surface area contributed by atoms with Crippen molar-refractivity contribution >= 4 is 29.1 Å². The molecule has 2 heterocycles. The van der Waals surface area contributed by atoms with Gasteiger partial charge in [-0.05, 0) is 36.3 Å². The lowest BCUT2D eigenvalue weighted by molar-refractivity contribution is -0.138. The third kappa shape index (κ3) is 4.38. The fraction of sp³-hybridized carbons (Fsp3) is 0.107. The third-order valence-electron chi connectivity index (χ3n) is 5.66. The van der Waals surface area contributed by atoms with Crippen molar-refractivity contribution in [2.24, 2.45) is 4.99 Å². The predicted molar refractivity (Wildman–Crippen MR) is 134 cm³/mol. The zero-order valence-corrected chi connectivity index (χ0v) is 19.7. The molecule has 174 valence electrons. The van der Waals surface area contributed by atoms with Crippen molar-refractivity contribution in [1.82, 2.24) is 4.57 Å². The number of ether oxygens (including phenoxy) is 1. The smallest absolute Gasteiger partial charge is 0.338 e. The van der Waals surface area contributed by atoms with E-state index in [-0.39, 0.29) is 17.7 Å². The van der Waals surface area contributed by atoms with Crippen LogP contribution in [0.2, 0.25) is 0 Å². The Morgan fingerprint density at radius 2 is 1.69 bits per heavy atom. The first-order valence-electron chi connectivity index (χ1n) is 11.2. The minimum absolute atomic E-state index is 0.166. The molecule has 1 atom stereocenters. The lowest BCUT2D eigenvalue weighted by Gasteiger charge is -2.25. The van der Waals surface area contributed by atoms with Gasteiger partial charge in [-0.2, -0.15) is 0 Å². The first kappa shape index (κ1) is 22.7. The molecule has 5 nitrogen and oxygen atoms in total. The maximum atomic E-state index is 13.8. The number of hydrogen-bond donors (Lipinski definition) is 0. The summed E-state index contributed by atoms with van der Waals surface area (Å²) < 4.78 is 21.2. The zero-order valence-electron chi connectivity index (χ0n) is 18.9. The number of carbonyl (C=O) groups is 1. The Bertz CT molecular complexity index is 1590. The molecule has 7 heteroatoms. The fourth-order valence-corrected chi connectivity index (χ4v) is 5.10. The second-order valence-electron chi connectivity index (χ2n) is 7.89. The Labute approximate surface area is 204 Å². The highest BCUT2D eigenvalue weighted by atomic mass is 32.1. The zero-order chi connectivity index (χ0) is 24.4. The monoisotopic (exact) mass is 484 g/mol. The van der Waals surface area contributed by atoms with E-state index < -0.39 is 17.8 Å².